The fourth-order valence-electron chi connectivity index (χ4n) is 1.80. The zero-order valence-corrected chi connectivity index (χ0v) is 9.94. The van der Waals surface area contributed by atoms with Crippen LogP contribution in [0.25, 0.3) is 0 Å². The average molecular weight is 247 g/mol. The summed E-state index contributed by atoms with van der Waals surface area (Å²) in [4.78, 5) is 0. The Morgan fingerprint density at radius 2 is 1.93 bits per heavy atom. The lowest BCUT2D eigenvalue weighted by Crippen LogP contribution is -2.26. The quantitative estimate of drug-likeness (QED) is 0.794. The van der Waals surface area contributed by atoms with Crippen LogP contribution in [0, 0.1) is 0 Å². The van der Waals surface area contributed by atoms with E-state index in [1.54, 1.807) is 6.07 Å². The third kappa shape index (κ3) is 1.87. The van der Waals surface area contributed by atoms with Crippen LogP contribution >= 0.6 is 23.2 Å². The van der Waals surface area contributed by atoms with Gasteiger partial charge in [0, 0.05) is 12.0 Å². The first kappa shape index (κ1) is 11.2. The van der Waals surface area contributed by atoms with Gasteiger partial charge in [-0.2, -0.15) is 0 Å². The minimum Gasteiger partial charge on any atom is -0.343 e. The Morgan fingerprint density at radius 1 is 1.27 bits per heavy atom. The number of benzene rings is 1. The molecular formula is C11H12Cl2O2. The number of hydrogen-bond acceptors (Lipinski definition) is 2. The second-order valence-electron chi connectivity index (χ2n) is 3.40. The molecule has 2 nitrogen and oxygen atoms in total. The van der Waals surface area contributed by atoms with Gasteiger partial charge in [-0.3, -0.25) is 0 Å². The highest BCUT2D eigenvalue weighted by molar-refractivity contribution is 6.42. The molecule has 15 heavy (non-hydrogen) atoms. The van der Waals surface area contributed by atoms with Crippen LogP contribution in [0.15, 0.2) is 18.2 Å². The van der Waals surface area contributed by atoms with Gasteiger partial charge in [0.25, 0.3) is 0 Å². The fourth-order valence-corrected chi connectivity index (χ4v) is 2.25. The molecule has 1 aliphatic rings. The van der Waals surface area contributed by atoms with Gasteiger partial charge in [0.05, 0.1) is 23.3 Å². The molecule has 4 heteroatoms. The highest BCUT2D eigenvalue weighted by atomic mass is 35.5. The molecule has 0 saturated carbocycles. The van der Waals surface area contributed by atoms with Crippen molar-refractivity contribution in [3.8, 4) is 0 Å². The molecule has 0 unspecified atom stereocenters. The van der Waals surface area contributed by atoms with Crippen molar-refractivity contribution >= 4 is 23.2 Å². The fraction of sp³-hybridized carbons (Fsp3) is 0.455. The molecule has 1 aromatic rings. The van der Waals surface area contributed by atoms with E-state index in [0.717, 1.165) is 5.56 Å². The molecule has 0 aromatic heterocycles. The summed E-state index contributed by atoms with van der Waals surface area (Å²) in [5.74, 6) is -0.706. The van der Waals surface area contributed by atoms with Crippen LogP contribution in [0.3, 0.4) is 0 Å². The number of rotatable bonds is 2. The van der Waals surface area contributed by atoms with Gasteiger partial charge >= 0.3 is 0 Å². The van der Waals surface area contributed by atoms with E-state index in [4.69, 9.17) is 32.7 Å². The summed E-state index contributed by atoms with van der Waals surface area (Å²) < 4.78 is 11.3. The van der Waals surface area contributed by atoms with Crippen molar-refractivity contribution < 1.29 is 9.47 Å². The molecular weight excluding hydrogens is 235 g/mol. The molecule has 0 aliphatic carbocycles. The first-order chi connectivity index (χ1) is 7.19. The molecule has 1 aromatic carbocycles. The zero-order valence-electron chi connectivity index (χ0n) is 8.43. The molecule has 1 saturated heterocycles. The summed E-state index contributed by atoms with van der Waals surface area (Å²) in [7, 11) is 0. The maximum Gasteiger partial charge on any atom is 0.196 e. The van der Waals surface area contributed by atoms with E-state index in [1.807, 2.05) is 19.1 Å². The van der Waals surface area contributed by atoms with Gasteiger partial charge in [-0.15, -0.1) is 0 Å². The minimum atomic E-state index is -0.706. The lowest BCUT2D eigenvalue weighted by atomic mass is 10.0. The van der Waals surface area contributed by atoms with Crippen molar-refractivity contribution in [1.82, 2.24) is 0 Å². The van der Waals surface area contributed by atoms with E-state index in [1.165, 1.54) is 0 Å². The maximum atomic E-state index is 6.15. The van der Waals surface area contributed by atoms with E-state index in [2.05, 4.69) is 0 Å². The predicted molar refractivity (Wildman–Crippen MR) is 60.3 cm³/mol. The summed E-state index contributed by atoms with van der Waals surface area (Å²) in [6.45, 7) is 3.19. The van der Waals surface area contributed by atoms with Crippen molar-refractivity contribution in [2.75, 3.05) is 13.2 Å². The van der Waals surface area contributed by atoms with Gasteiger partial charge in [0.2, 0.25) is 0 Å². The average Bonchev–Trinajstić information content (AvgIpc) is 2.72. The molecule has 0 radical (unpaired) electrons. The molecule has 0 atom stereocenters. The van der Waals surface area contributed by atoms with Crippen LogP contribution in [-0.4, -0.2) is 13.2 Å². The molecule has 0 bridgehead atoms. The van der Waals surface area contributed by atoms with E-state index in [0.29, 0.717) is 29.7 Å². The molecule has 1 aliphatic heterocycles. The molecule has 82 valence electrons. The second kappa shape index (κ2) is 4.30. The van der Waals surface area contributed by atoms with Gasteiger partial charge < -0.3 is 9.47 Å². The van der Waals surface area contributed by atoms with Crippen molar-refractivity contribution in [1.29, 1.82) is 0 Å². The summed E-state index contributed by atoms with van der Waals surface area (Å²) in [6, 6.07) is 5.50. The van der Waals surface area contributed by atoms with Crippen molar-refractivity contribution in [3.05, 3.63) is 33.8 Å². The maximum absolute atomic E-state index is 6.15. The number of halogens is 2. The van der Waals surface area contributed by atoms with Crippen molar-refractivity contribution in [2.24, 2.45) is 0 Å². The van der Waals surface area contributed by atoms with Crippen molar-refractivity contribution in [2.45, 2.75) is 19.1 Å². The lowest BCUT2D eigenvalue weighted by Gasteiger charge is -2.27. The highest BCUT2D eigenvalue weighted by Crippen LogP contribution is 2.40. The van der Waals surface area contributed by atoms with Gasteiger partial charge in [-0.25, -0.2) is 0 Å². The molecule has 0 amide bonds. The largest absolute Gasteiger partial charge is 0.343 e. The number of ether oxygens (including phenoxy) is 2. The van der Waals surface area contributed by atoms with E-state index < -0.39 is 5.79 Å². The Labute approximate surface area is 99.1 Å². The van der Waals surface area contributed by atoms with E-state index in [-0.39, 0.29) is 0 Å². The first-order valence-electron chi connectivity index (χ1n) is 4.92. The molecule has 0 spiro atoms. The van der Waals surface area contributed by atoms with Crippen LogP contribution in [0.4, 0.5) is 0 Å². The zero-order chi connectivity index (χ0) is 10.9. The molecule has 2 rings (SSSR count). The summed E-state index contributed by atoms with van der Waals surface area (Å²) in [6.07, 6.45) is 0.715. The Bertz CT molecular complexity index is 360. The van der Waals surface area contributed by atoms with E-state index >= 15 is 0 Å². The Balaban J connectivity index is 2.47. The van der Waals surface area contributed by atoms with Crippen LogP contribution in [0.5, 0.6) is 0 Å². The molecule has 0 N–H and O–H groups in total. The van der Waals surface area contributed by atoms with Crippen molar-refractivity contribution in [3.63, 3.8) is 0 Å². The smallest absolute Gasteiger partial charge is 0.196 e. The Hall–Kier alpha value is -0.280. The summed E-state index contributed by atoms with van der Waals surface area (Å²) >= 11 is 12.1. The van der Waals surface area contributed by atoms with E-state index in [9.17, 15) is 0 Å². The summed E-state index contributed by atoms with van der Waals surface area (Å²) in [5, 5.41) is 1.05. The topological polar surface area (TPSA) is 18.5 Å². The van der Waals surface area contributed by atoms with Crippen LogP contribution in [0.2, 0.25) is 10.0 Å². The second-order valence-corrected chi connectivity index (χ2v) is 4.19. The normalized spacial score (nSPS) is 19.4. The van der Waals surface area contributed by atoms with Crippen LogP contribution in [0.1, 0.15) is 18.9 Å². The van der Waals surface area contributed by atoms with Crippen LogP contribution < -0.4 is 0 Å². The predicted octanol–water partition coefficient (Wildman–Crippen LogP) is 3.60. The molecule has 1 fully saturated rings. The first-order valence-corrected chi connectivity index (χ1v) is 5.67. The SMILES string of the molecule is CCC1(c2cccc(Cl)c2Cl)OCCO1. The monoisotopic (exact) mass is 246 g/mol. The number of hydrogen-bond donors (Lipinski definition) is 0. The van der Waals surface area contributed by atoms with Gasteiger partial charge in [0.1, 0.15) is 0 Å². The third-order valence-electron chi connectivity index (χ3n) is 2.58. The third-order valence-corrected chi connectivity index (χ3v) is 3.40. The van der Waals surface area contributed by atoms with Gasteiger partial charge in [-0.05, 0) is 6.07 Å². The minimum absolute atomic E-state index is 0.517. The Morgan fingerprint density at radius 3 is 2.53 bits per heavy atom. The highest BCUT2D eigenvalue weighted by Gasteiger charge is 2.38. The Kier molecular flexibility index (Phi) is 3.21. The lowest BCUT2D eigenvalue weighted by molar-refractivity contribution is -0.167. The summed E-state index contributed by atoms with van der Waals surface area (Å²) in [5.41, 5.74) is 0.816. The standard InChI is InChI=1S/C11H12Cl2O2/c1-2-11(14-6-7-15-11)8-4-3-5-9(12)10(8)13/h3-5H,2,6-7H2,1H3. The van der Waals surface area contributed by atoms with Gasteiger partial charge in [0.15, 0.2) is 5.79 Å². The molecule has 1 heterocycles. The van der Waals surface area contributed by atoms with Crippen LogP contribution in [-0.2, 0) is 15.3 Å². The van der Waals surface area contributed by atoms with Gasteiger partial charge in [-0.1, -0.05) is 42.3 Å².